The van der Waals surface area contributed by atoms with Gasteiger partial charge in [-0.05, 0) is 43.9 Å². The molecule has 1 unspecified atom stereocenters. The van der Waals surface area contributed by atoms with Crippen molar-refractivity contribution in [3.8, 4) is 0 Å². The van der Waals surface area contributed by atoms with Gasteiger partial charge in [0.2, 0.25) is 5.91 Å². The predicted molar refractivity (Wildman–Crippen MR) is 117 cm³/mol. The summed E-state index contributed by atoms with van der Waals surface area (Å²) in [5, 5.41) is 2.84. The summed E-state index contributed by atoms with van der Waals surface area (Å²) in [6.45, 7) is 1.73. The van der Waals surface area contributed by atoms with E-state index >= 15 is 0 Å². The molecule has 8 nitrogen and oxygen atoms in total. The molecule has 1 saturated carbocycles. The summed E-state index contributed by atoms with van der Waals surface area (Å²) in [6, 6.07) is 4.70. The smallest absolute Gasteiger partial charge is 0.414 e. The Kier molecular flexibility index (Phi) is 5.30. The molecule has 1 aromatic rings. The average molecular weight is 466 g/mol. The minimum absolute atomic E-state index is 0.00366. The molecular weight excluding hydrogens is 437 g/mol. The molecule has 10 heteroatoms. The Morgan fingerprint density at radius 2 is 1.94 bits per heavy atom. The third-order valence-electron chi connectivity index (χ3n) is 7.31. The normalized spacial score (nSPS) is 26.4. The summed E-state index contributed by atoms with van der Waals surface area (Å²) in [4.78, 5) is 27.6. The molecule has 2 amide bonds. The fraction of sp³-hybridized carbons (Fsp3) is 0.636. The first-order valence-corrected chi connectivity index (χ1v) is 13.1. The maximum atomic E-state index is 14.9. The SMILES string of the molecule is O=C(NCC1CN(c2ccc(N3CCC4(CC3)CS(=O)(=O)C4)c(F)c2)C(=O)O1)C1CCC1. The number of carbonyl (C=O) groups excluding carboxylic acids is 2. The number of hydrogen-bond acceptors (Lipinski definition) is 6. The first-order chi connectivity index (χ1) is 15.2. The van der Waals surface area contributed by atoms with Gasteiger partial charge in [-0.2, -0.15) is 0 Å². The molecule has 5 rings (SSSR count). The van der Waals surface area contributed by atoms with Crippen LogP contribution in [0.5, 0.6) is 0 Å². The first-order valence-electron chi connectivity index (χ1n) is 11.2. The van der Waals surface area contributed by atoms with Crippen molar-refractivity contribution in [3.05, 3.63) is 24.0 Å². The van der Waals surface area contributed by atoms with Crippen LogP contribution in [0.3, 0.4) is 0 Å². The highest BCUT2D eigenvalue weighted by Crippen LogP contribution is 2.43. The van der Waals surface area contributed by atoms with Gasteiger partial charge in [0.15, 0.2) is 9.84 Å². The number of nitrogens with one attached hydrogen (secondary N) is 1. The number of amides is 2. The number of anilines is 2. The van der Waals surface area contributed by atoms with Crippen LogP contribution < -0.4 is 15.1 Å². The molecule has 3 heterocycles. The largest absolute Gasteiger partial charge is 0.442 e. The molecule has 0 radical (unpaired) electrons. The summed E-state index contributed by atoms with van der Waals surface area (Å²) in [7, 11) is -2.88. The van der Waals surface area contributed by atoms with Crippen molar-refractivity contribution in [1.82, 2.24) is 5.32 Å². The second kappa shape index (κ2) is 7.90. The standard InChI is InChI=1S/C22H28FN3O5S/c23-18-10-16(26-12-17(31-21(26)28)11-24-20(27)15-2-1-3-15)4-5-19(18)25-8-6-22(7-9-25)13-32(29,30)14-22/h4-5,10,15,17H,1-3,6-9,11-14H2,(H,24,27). The molecule has 0 bridgehead atoms. The van der Waals surface area contributed by atoms with E-state index in [0.29, 0.717) is 24.5 Å². The van der Waals surface area contributed by atoms with Crippen LogP contribution in [0.25, 0.3) is 0 Å². The zero-order chi connectivity index (χ0) is 22.5. The predicted octanol–water partition coefficient (Wildman–Crippen LogP) is 2.08. The maximum absolute atomic E-state index is 14.9. The molecule has 1 spiro atoms. The van der Waals surface area contributed by atoms with E-state index in [0.717, 1.165) is 32.1 Å². The summed E-state index contributed by atoms with van der Waals surface area (Å²) >= 11 is 0. The fourth-order valence-electron chi connectivity index (χ4n) is 5.19. The second-order valence-corrected chi connectivity index (χ2v) is 11.7. The summed E-state index contributed by atoms with van der Waals surface area (Å²) in [5.74, 6) is 0.143. The van der Waals surface area contributed by atoms with Crippen LogP contribution in [0.1, 0.15) is 32.1 Å². The van der Waals surface area contributed by atoms with Crippen molar-refractivity contribution in [2.75, 3.05) is 47.5 Å². The molecule has 174 valence electrons. The van der Waals surface area contributed by atoms with Crippen LogP contribution in [-0.2, 0) is 19.4 Å². The van der Waals surface area contributed by atoms with Crippen LogP contribution in [-0.4, -0.2) is 64.2 Å². The Morgan fingerprint density at radius 3 is 2.53 bits per heavy atom. The number of sulfone groups is 1. The number of benzene rings is 1. The zero-order valence-corrected chi connectivity index (χ0v) is 18.7. The number of hydrogen-bond donors (Lipinski definition) is 1. The molecule has 1 N–H and O–H groups in total. The molecule has 4 aliphatic rings. The van der Waals surface area contributed by atoms with Crippen molar-refractivity contribution in [3.63, 3.8) is 0 Å². The third-order valence-corrected chi connectivity index (χ3v) is 9.42. The van der Waals surface area contributed by atoms with Crippen LogP contribution in [0, 0.1) is 17.2 Å². The minimum Gasteiger partial charge on any atom is -0.442 e. The third kappa shape index (κ3) is 4.04. The number of ether oxygens (including phenoxy) is 1. The molecule has 1 atom stereocenters. The van der Waals surface area contributed by atoms with Crippen molar-refractivity contribution >= 4 is 33.2 Å². The Hall–Kier alpha value is -2.36. The number of rotatable bonds is 5. The molecule has 32 heavy (non-hydrogen) atoms. The van der Waals surface area contributed by atoms with Gasteiger partial charge >= 0.3 is 6.09 Å². The number of piperidine rings is 1. The lowest BCUT2D eigenvalue weighted by Gasteiger charge is -2.47. The van der Waals surface area contributed by atoms with Gasteiger partial charge in [-0.25, -0.2) is 17.6 Å². The van der Waals surface area contributed by atoms with E-state index in [2.05, 4.69) is 5.32 Å². The number of cyclic esters (lactones) is 1. The van der Waals surface area contributed by atoms with Crippen molar-refractivity contribution in [2.24, 2.45) is 11.3 Å². The monoisotopic (exact) mass is 465 g/mol. The van der Waals surface area contributed by atoms with Gasteiger partial charge in [0, 0.05) is 24.4 Å². The van der Waals surface area contributed by atoms with Gasteiger partial charge < -0.3 is 15.0 Å². The van der Waals surface area contributed by atoms with E-state index in [1.807, 2.05) is 4.90 Å². The van der Waals surface area contributed by atoms with Gasteiger partial charge in [0.05, 0.1) is 36.0 Å². The molecule has 4 fully saturated rings. The lowest BCUT2D eigenvalue weighted by Crippen LogP contribution is -2.54. The number of carbonyl (C=O) groups is 2. The quantitative estimate of drug-likeness (QED) is 0.715. The Balaban J connectivity index is 1.18. The van der Waals surface area contributed by atoms with Gasteiger partial charge in [-0.3, -0.25) is 9.69 Å². The van der Waals surface area contributed by atoms with Crippen LogP contribution in [0.2, 0.25) is 0 Å². The Bertz CT molecular complexity index is 1020. The van der Waals surface area contributed by atoms with E-state index < -0.39 is 27.9 Å². The maximum Gasteiger partial charge on any atom is 0.414 e. The van der Waals surface area contributed by atoms with Gasteiger partial charge in [0.1, 0.15) is 11.9 Å². The van der Waals surface area contributed by atoms with Crippen molar-refractivity contribution in [1.29, 1.82) is 0 Å². The molecule has 3 saturated heterocycles. The van der Waals surface area contributed by atoms with Crippen molar-refractivity contribution in [2.45, 2.75) is 38.2 Å². The average Bonchev–Trinajstić information content (AvgIpc) is 3.05. The number of halogens is 1. The highest BCUT2D eigenvalue weighted by molar-refractivity contribution is 7.92. The van der Waals surface area contributed by atoms with Gasteiger partial charge in [-0.15, -0.1) is 0 Å². The van der Waals surface area contributed by atoms with E-state index in [9.17, 15) is 22.4 Å². The van der Waals surface area contributed by atoms with E-state index in [-0.39, 0.29) is 41.8 Å². The van der Waals surface area contributed by atoms with E-state index in [1.165, 1.54) is 11.0 Å². The topological polar surface area (TPSA) is 96.0 Å². The zero-order valence-electron chi connectivity index (χ0n) is 17.9. The minimum atomic E-state index is -2.88. The van der Waals surface area contributed by atoms with E-state index in [4.69, 9.17) is 4.74 Å². The molecule has 1 aliphatic carbocycles. The summed E-state index contributed by atoms with van der Waals surface area (Å²) in [6.07, 6.45) is 3.35. The van der Waals surface area contributed by atoms with Crippen LogP contribution in [0.15, 0.2) is 18.2 Å². The molecule has 0 aromatic heterocycles. The Morgan fingerprint density at radius 1 is 1.22 bits per heavy atom. The first kappa shape index (κ1) is 21.5. The summed E-state index contributed by atoms with van der Waals surface area (Å²) in [5.41, 5.74) is 0.749. The Labute approximate surface area is 187 Å². The highest BCUT2D eigenvalue weighted by atomic mass is 32.2. The van der Waals surface area contributed by atoms with Crippen molar-refractivity contribution < 1.29 is 27.1 Å². The second-order valence-electron chi connectivity index (χ2n) is 9.64. The van der Waals surface area contributed by atoms with Gasteiger partial charge in [0.25, 0.3) is 0 Å². The van der Waals surface area contributed by atoms with Gasteiger partial charge in [-0.1, -0.05) is 6.42 Å². The fourth-order valence-corrected chi connectivity index (χ4v) is 7.55. The lowest BCUT2D eigenvalue weighted by molar-refractivity contribution is -0.127. The summed E-state index contributed by atoms with van der Waals surface area (Å²) < 4.78 is 43.4. The molecule has 1 aromatic carbocycles. The van der Waals surface area contributed by atoms with E-state index in [1.54, 1.807) is 12.1 Å². The van der Waals surface area contributed by atoms with Crippen LogP contribution >= 0.6 is 0 Å². The number of nitrogens with zero attached hydrogens (tertiary/aromatic N) is 2. The molecule has 3 aliphatic heterocycles. The van der Waals surface area contributed by atoms with Crippen LogP contribution in [0.4, 0.5) is 20.6 Å². The highest BCUT2D eigenvalue weighted by Gasteiger charge is 2.49. The molecular formula is C22H28FN3O5S. The lowest BCUT2D eigenvalue weighted by atomic mass is 9.81.